The number of hydrogen-bond acceptors (Lipinski definition) is 3. The largest absolute Gasteiger partial charge is 0.328 e. The molecule has 0 N–H and O–H groups in total. The van der Waals surface area contributed by atoms with Gasteiger partial charge in [-0.25, -0.2) is 9.97 Å². The van der Waals surface area contributed by atoms with Gasteiger partial charge in [0, 0.05) is 30.0 Å². The molecule has 182 valence electrons. The number of benzene rings is 2. The van der Waals surface area contributed by atoms with Crippen LogP contribution in [-0.2, 0) is 13.1 Å². The minimum Gasteiger partial charge on any atom is -0.328 e. The lowest BCUT2D eigenvalue weighted by molar-refractivity contribution is -0.519. The molecule has 6 nitrogen and oxygen atoms in total. The van der Waals surface area contributed by atoms with Gasteiger partial charge in [-0.2, -0.15) is 0 Å². The van der Waals surface area contributed by atoms with E-state index in [-0.39, 0.29) is 0 Å². The zero-order valence-electron chi connectivity index (χ0n) is 20.8. The maximum absolute atomic E-state index is 11.2. The summed E-state index contributed by atoms with van der Waals surface area (Å²) in [7, 11) is 1.59. The van der Waals surface area contributed by atoms with Gasteiger partial charge in [-0.05, 0) is 53.2 Å². The molecule has 4 aromatic rings. The second kappa shape index (κ2) is 11.0. The Morgan fingerprint density at radius 1 is 0.943 bits per heavy atom. The van der Waals surface area contributed by atoms with E-state index >= 15 is 0 Å². The Morgan fingerprint density at radius 2 is 1.77 bits per heavy atom. The summed E-state index contributed by atoms with van der Waals surface area (Å²) in [6.07, 6.45) is 15.5. The Labute approximate surface area is 207 Å². The van der Waals surface area contributed by atoms with Crippen molar-refractivity contribution in [1.82, 2.24) is 19.1 Å². The number of nitroso groups, excluding NO2 is 1. The number of hydrogen-bond donors (Lipinski definition) is 0. The van der Waals surface area contributed by atoms with E-state index in [1.807, 2.05) is 18.7 Å². The summed E-state index contributed by atoms with van der Waals surface area (Å²) in [5.41, 5.74) is 3.47. The van der Waals surface area contributed by atoms with Crippen molar-refractivity contribution in [2.75, 3.05) is 13.6 Å². The Bertz CT molecular complexity index is 1280. The van der Waals surface area contributed by atoms with Crippen molar-refractivity contribution >= 4 is 10.8 Å². The molecule has 1 fully saturated rings. The van der Waals surface area contributed by atoms with Crippen LogP contribution in [0.25, 0.3) is 33.5 Å². The summed E-state index contributed by atoms with van der Waals surface area (Å²) in [5, 5.41) is 2.52. The van der Waals surface area contributed by atoms with Crippen LogP contribution in [0.15, 0.2) is 61.2 Å². The van der Waals surface area contributed by atoms with Crippen LogP contribution in [0, 0.1) is 10.8 Å². The summed E-state index contributed by atoms with van der Waals surface area (Å²) in [4.78, 5) is 20.6. The predicted octanol–water partition coefficient (Wildman–Crippen LogP) is 6.73. The van der Waals surface area contributed by atoms with E-state index in [0.29, 0.717) is 12.5 Å². The van der Waals surface area contributed by atoms with E-state index in [0.717, 1.165) is 48.6 Å². The molecule has 5 rings (SSSR count). The normalized spacial score (nSPS) is 14.5. The lowest BCUT2D eigenvalue weighted by Gasteiger charge is -2.24. The van der Waals surface area contributed by atoms with E-state index in [4.69, 9.17) is 4.98 Å². The SMILES string of the molecule is C[N+](=O)CCCCCn1cncc1-c1ncc(-c2ccc3ccccc3c2)n1CC1CCCCC1. The van der Waals surface area contributed by atoms with Gasteiger partial charge in [-0.3, -0.25) is 0 Å². The van der Waals surface area contributed by atoms with Gasteiger partial charge < -0.3 is 9.13 Å². The molecule has 2 aromatic heterocycles. The first kappa shape index (κ1) is 23.5. The van der Waals surface area contributed by atoms with Crippen molar-refractivity contribution in [1.29, 1.82) is 0 Å². The molecule has 0 aliphatic heterocycles. The Hall–Kier alpha value is -3.28. The van der Waals surface area contributed by atoms with Crippen LogP contribution in [0.5, 0.6) is 0 Å². The van der Waals surface area contributed by atoms with E-state index in [2.05, 4.69) is 56.6 Å². The zero-order valence-corrected chi connectivity index (χ0v) is 20.8. The van der Waals surface area contributed by atoms with Gasteiger partial charge in [-0.15, -0.1) is 0 Å². The van der Waals surface area contributed by atoms with Crippen molar-refractivity contribution in [2.24, 2.45) is 5.92 Å². The molecule has 1 saturated carbocycles. The summed E-state index contributed by atoms with van der Waals surface area (Å²) in [6, 6.07) is 15.3. The van der Waals surface area contributed by atoms with Crippen molar-refractivity contribution < 1.29 is 4.76 Å². The van der Waals surface area contributed by atoms with Crippen molar-refractivity contribution in [3.8, 4) is 22.8 Å². The first-order valence-corrected chi connectivity index (χ1v) is 13.1. The monoisotopic (exact) mass is 470 g/mol. The van der Waals surface area contributed by atoms with Crippen LogP contribution in [-0.4, -0.2) is 37.5 Å². The molecule has 0 radical (unpaired) electrons. The highest BCUT2D eigenvalue weighted by molar-refractivity contribution is 5.87. The molecule has 0 bridgehead atoms. The van der Waals surface area contributed by atoms with E-state index < -0.39 is 0 Å². The smallest absolute Gasteiger partial charge is 0.191 e. The fourth-order valence-corrected chi connectivity index (χ4v) is 5.45. The molecular formula is C29H36N5O+. The zero-order chi connectivity index (χ0) is 24.0. The third-order valence-electron chi connectivity index (χ3n) is 7.38. The lowest BCUT2D eigenvalue weighted by Crippen LogP contribution is -2.16. The summed E-state index contributed by atoms with van der Waals surface area (Å²) >= 11 is 0. The molecule has 0 saturated heterocycles. The third-order valence-corrected chi connectivity index (χ3v) is 7.38. The predicted molar refractivity (Wildman–Crippen MR) is 141 cm³/mol. The van der Waals surface area contributed by atoms with E-state index in [1.54, 1.807) is 7.05 Å². The standard InChI is InChI=1S/C29H36N5O/c1-32(35)16-8-3-9-17-33-22-30-19-28(33)29-31-20-27(34(29)21-23-10-4-2-5-11-23)26-15-14-24-12-6-7-13-25(24)18-26/h6-7,12-15,18-20,22-23H,2-5,8-11,16-17,21H2,1H3/q+1. The van der Waals surface area contributed by atoms with Gasteiger partial charge in [0.25, 0.3) is 0 Å². The molecule has 0 spiro atoms. The number of nitrogens with zero attached hydrogens (tertiary/aromatic N) is 5. The van der Waals surface area contributed by atoms with Crippen LogP contribution in [0.4, 0.5) is 0 Å². The third kappa shape index (κ3) is 5.53. The van der Waals surface area contributed by atoms with Gasteiger partial charge in [0.05, 0.1) is 24.4 Å². The number of unbranched alkanes of at least 4 members (excludes halogenated alkanes) is 2. The number of rotatable bonds is 10. The van der Waals surface area contributed by atoms with Gasteiger partial charge in [0.2, 0.25) is 0 Å². The highest BCUT2D eigenvalue weighted by Gasteiger charge is 2.21. The molecule has 0 unspecified atom stereocenters. The van der Waals surface area contributed by atoms with Crippen molar-refractivity contribution in [2.45, 2.75) is 64.5 Å². The fraction of sp³-hybridized carbons (Fsp3) is 0.448. The van der Waals surface area contributed by atoms with Crippen LogP contribution < -0.4 is 0 Å². The topological polar surface area (TPSA) is 55.7 Å². The molecule has 35 heavy (non-hydrogen) atoms. The molecule has 2 aromatic carbocycles. The summed E-state index contributed by atoms with van der Waals surface area (Å²) in [6.45, 7) is 2.48. The van der Waals surface area contributed by atoms with Crippen LogP contribution in [0.2, 0.25) is 0 Å². The highest BCUT2D eigenvalue weighted by atomic mass is 16.3. The molecule has 1 aliphatic rings. The van der Waals surface area contributed by atoms with Crippen LogP contribution >= 0.6 is 0 Å². The second-order valence-electron chi connectivity index (χ2n) is 10.0. The minimum atomic E-state index is 0.595. The fourth-order valence-electron chi connectivity index (χ4n) is 5.45. The average molecular weight is 471 g/mol. The lowest BCUT2D eigenvalue weighted by atomic mass is 9.89. The maximum Gasteiger partial charge on any atom is 0.191 e. The van der Waals surface area contributed by atoms with Crippen molar-refractivity contribution in [3.05, 3.63) is 66.1 Å². The molecule has 6 heteroatoms. The van der Waals surface area contributed by atoms with E-state index in [9.17, 15) is 4.91 Å². The first-order valence-electron chi connectivity index (χ1n) is 13.1. The van der Waals surface area contributed by atoms with Crippen LogP contribution in [0.1, 0.15) is 51.4 Å². The van der Waals surface area contributed by atoms with Gasteiger partial charge >= 0.3 is 0 Å². The Balaban J connectivity index is 1.45. The number of aryl methyl sites for hydroxylation is 1. The van der Waals surface area contributed by atoms with Gasteiger partial charge in [-0.1, -0.05) is 55.7 Å². The van der Waals surface area contributed by atoms with Crippen LogP contribution in [0.3, 0.4) is 0 Å². The van der Waals surface area contributed by atoms with Gasteiger partial charge in [0.15, 0.2) is 19.4 Å². The van der Waals surface area contributed by atoms with Crippen molar-refractivity contribution in [3.63, 3.8) is 0 Å². The molecular weight excluding hydrogens is 434 g/mol. The summed E-state index contributed by atoms with van der Waals surface area (Å²) in [5.74, 6) is 1.70. The number of imidazole rings is 2. The van der Waals surface area contributed by atoms with E-state index in [1.165, 1.54) is 54.1 Å². The summed E-state index contributed by atoms with van der Waals surface area (Å²) < 4.78 is 5.68. The molecule has 0 atom stereocenters. The second-order valence-corrected chi connectivity index (χ2v) is 10.0. The molecule has 2 heterocycles. The average Bonchev–Trinajstić information content (AvgIpc) is 3.50. The maximum atomic E-state index is 11.2. The first-order chi connectivity index (χ1) is 17.2. The number of fused-ring (bicyclic) bond motifs is 1. The quantitative estimate of drug-likeness (QED) is 0.191. The minimum absolute atomic E-state index is 0.595. The molecule has 0 amide bonds. The van der Waals surface area contributed by atoms with Gasteiger partial charge in [0.1, 0.15) is 5.69 Å². The highest BCUT2D eigenvalue weighted by Crippen LogP contribution is 2.33. The Morgan fingerprint density at radius 3 is 2.60 bits per heavy atom. The molecule has 1 aliphatic carbocycles. The Kier molecular flexibility index (Phi) is 7.36. The number of aromatic nitrogens is 4.